The number of thiophene rings is 1. The van der Waals surface area contributed by atoms with E-state index in [4.69, 9.17) is 9.47 Å². The molecule has 3 aromatic rings. The van der Waals surface area contributed by atoms with Crippen molar-refractivity contribution in [2.75, 3.05) is 17.5 Å². The Morgan fingerprint density at radius 1 is 0.931 bits per heavy atom. The summed E-state index contributed by atoms with van der Waals surface area (Å²) in [6.45, 7) is 0.535. The van der Waals surface area contributed by atoms with Crippen molar-refractivity contribution in [3.05, 3.63) is 70.2 Å². The Labute approximate surface area is 169 Å². The van der Waals surface area contributed by atoms with Gasteiger partial charge < -0.3 is 9.47 Å². The normalized spacial score (nSPS) is 13.3. The maximum atomic E-state index is 14.3. The fraction of sp³-hybridized carbons (Fsp3) is 0.158. The first kappa shape index (κ1) is 19.6. The average Bonchev–Trinajstić information content (AvgIpc) is 3.21. The van der Waals surface area contributed by atoms with Gasteiger partial charge in [0.15, 0.2) is 23.1 Å². The number of benzene rings is 2. The minimum Gasteiger partial charge on any atom is -0.486 e. The van der Waals surface area contributed by atoms with Crippen molar-refractivity contribution in [3.63, 3.8) is 0 Å². The molecule has 2 aromatic carbocycles. The van der Waals surface area contributed by atoms with Gasteiger partial charge in [-0.1, -0.05) is 6.07 Å². The third kappa shape index (κ3) is 3.77. The van der Waals surface area contributed by atoms with E-state index < -0.39 is 32.4 Å². The second kappa shape index (κ2) is 7.60. The highest BCUT2D eigenvalue weighted by Crippen LogP contribution is 2.37. The summed E-state index contributed by atoms with van der Waals surface area (Å²) in [7, 11) is -4.56. The van der Waals surface area contributed by atoms with E-state index in [1.54, 1.807) is 23.6 Å². The van der Waals surface area contributed by atoms with Gasteiger partial charge in [-0.05, 0) is 23.6 Å². The van der Waals surface area contributed by atoms with Crippen LogP contribution in [0.1, 0.15) is 4.88 Å². The molecule has 0 amide bonds. The van der Waals surface area contributed by atoms with Gasteiger partial charge in [0.1, 0.15) is 23.9 Å². The van der Waals surface area contributed by atoms with Crippen LogP contribution >= 0.6 is 11.3 Å². The molecule has 0 saturated carbocycles. The predicted octanol–water partition coefficient (Wildman–Crippen LogP) is 4.33. The molecule has 10 heteroatoms. The van der Waals surface area contributed by atoms with E-state index in [9.17, 15) is 21.6 Å². The second-order valence-corrected chi connectivity index (χ2v) is 8.98. The molecule has 4 rings (SSSR count). The monoisotopic (exact) mass is 441 g/mol. The lowest BCUT2D eigenvalue weighted by Gasteiger charge is -2.26. The number of hydrogen-bond acceptors (Lipinski definition) is 5. The molecule has 1 aliphatic rings. The molecule has 0 aliphatic carbocycles. The Hall–Kier alpha value is -2.72. The van der Waals surface area contributed by atoms with Crippen molar-refractivity contribution >= 4 is 27.0 Å². The van der Waals surface area contributed by atoms with Crippen molar-refractivity contribution < 1.29 is 31.1 Å². The molecule has 0 fully saturated rings. The van der Waals surface area contributed by atoms with Crippen molar-refractivity contribution in [2.45, 2.75) is 11.4 Å². The third-order valence-corrected chi connectivity index (χ3v) is 6.89. The van der Waals surface area contributed by atoms with Crippen molar-refractivity contribution in [3.8, 4) is 11.5 Å². The molecule has 1 aliphatic heterocycles. The number of halogens is 3. The standard InChI is InChI=1S/C19H14F3NO4S2/c20-14-9-16(22)19(10-15(14)21)29(24,25)23(11-13-2-1-7-28-13)12-3-4-17-18(8-12)27-6-5-26-17/h1-4,7-10H,5-6,11H2. The SMILES string of the molecule is O=S(=O)(c1cc(F)c(F)cc1F)N(Cc1cccs1)c1ccc2c(c1)OCCO2. The molecule has 0 unspecified atom stereocenters. The molecule has 5 nitrogen and oxygen atoms in total. The number of rotatable bonds is 5. The summed E-state index contributed by atoms with van der Waals surface area (Å²) in [6, 6.07) is 8.50. The van der Waals surface area contributed by atoms with Crippen LogP contribution in [0, 0.1) is 17.5 Å². The smallest absolute Gasteiger partial charge is 0.267 e. The molecule has 2 heterocycles. The minimum absolute atomic E-state index is 0.127. The van der Waals surface area contributed by atoms with Crippen LogP contribution in [-0.2, 0) is 16.6 Å². The van der Waals surface area contributed by atoms with Crippen LogP contribution in [0.2, 0.25) is 0 Å². The maximum absolute atomic E-state index is 14.3. The third-order valence-electron chi connectivity index (χ3n) is 4.24. The number of nitrogens with zero attached hydrogens (tertiary/aromatic N) is 1. The fourth-order valence-corrected chi connectivity index (χ4v) is 5.14. The molecule has 0 N–H and O–H groups in total. The molecule has 0 saturated heterocycles. The lowest BCUT2D eigenvalue weighted by atomic mass is 10.2. The topological polar surface area (TPSA) is 55.8 Å². The van der Waals surface area contributed by atoms with Gasteiger partial charge in [-0.2, -0.15) is 0 Å². The maximum Gasteiger partial charge on any atom is 0.267 e. The zero-order valence-corrected chi connectivity index (χ0v) is 16.4. The fourth-order valence-electron chi connectivity index (χ4n) is 2.87. The summed E-state index contributed by atoms with van der Waals surface area (Å²) in [6.07, 6.45) is 0. The summed E-state index contributed by atoms with van der Waals surface area (Å²) in [5, 5.41) is 1.77. The lowest BCUT2D eigenvalue weighted by molar-refractivity contribution is 0.171. The summed E-state index contributed by atoms with van der Waals surface area (Å²) >= 11 is 1.31. The number of ether oxygens (including phenoxy) is 2. The first-order valence-electron chi connectivity index (χ1n) is 8.45. The van der Waals surface area contributed by atoms with Crippen LogP contribution in [0.25, 0.3) is 0 Å². The van der Waals surface area contributed by atoms with E-state index in [1.165, 1.54) is 23.5 Å². The molecule has 0 radical (unpaired) electrons. The molecule has 0 spiro atoms. The highest BCUT2D eigenvalue weighted by molar-refractivity contribution is 7.92. The first-order chi connectivity index (χ1) is 13.9. The molecular formula is C19H14F3NO4S2. The first-order valence-corrected chi connectivity index (χ1v) is 10.8. The average molecular weight is 441 g/mol. The van der Waals surface area contributed by atoms with Crippen LogP contribution in [0.3, 0.4) is 0 Å². The predicted molar refractivity (Wildman–Crippen MR) is 101 cm³/mol. The van der Waals surface area contributed by atoms with Crippen LogP contribution in [0.5, 0.6) is 11.5 Å². The van der Waals surface area contributed by atoms with Gasteiger partial charge in [0.2, 0.25) is 0 Å². The van der Waals surface area contributed by atoms with Crippen LogP contribution < -0.4 is 13.8 Å². The number of fused-ring (bicyclic) bond motifs is 1. The Kier molecular flexibility index (Phi) is 5.13. The number of anilines is 1. The Morgan fingerprint density at radius 3 is 2.38 bits per heavy atom. The van der Waals surface area contributed by atoms with E-state index in [2.05, 4.69) is 0 Å². The van der Waals surface area contributed by atoms with E-state index >= 15 is 0 Å². The van der Waals surface area contributed by atoms with Crippen LogP contribution in [0.15, 0.2) is 52.7 Å². The molecule has 0 bridgehead atoms. The zero-order valence-electron chi connectivity index (χ0n) is 14.8. The van der Waals surface area contributed by atoms with Crippen molar-refractivity contribution in [1.82, 2.24) is 0 Å². The highest BCUT2D eigenvalue weighted by atomic mass is 32.2. The van der Waals surface area contributed by atoms with Crippen molar-refractivity contribution in [1.29, 1.82) is 0 Å². The van der Waals surface area contributed by atoms with Crippen LogP contribution in [-0.4, -0.2) is 21.6 Å². The summed E-state index contributed by atoms with van der Waals surface area (Å²) in [4.78, 5) is -0.283. The quantitative estimate of drug-likeness (QED) is 0.553. The zero-order chi connectivity index (χ0) is 20.6. The van der Waals surface area contributed by atoms with Gasteiger partial charge >= 0.3 is 0 Å². The van der Waals surface area contributed by atoms with Gasteiger partial charge in [-0.25, -0.2) is 21.6 Å². The van der Waals surface area contributed by atoms with E-state index in [0.29, 0.717) is 35.7 Å². The number of hydrogen-bond donors (Lipinski definition) is 0. The molecule has 1 aromatic heterocycles. The Balaban J connectivity index is 1.83. The lowest BCUT2D eigenvalue weighted by Crippen LogP contribution is -2.31. The summed E-state index contributed by atoms with van der Waals surface area (Å²) in [5.74, 6) is -3.51. The van der Waals surface area contributed by atoms with Gasteiger partial charge in [0.25, 0.3) is 10.0 Å². The Morgan fingerprint density at radius 2 is 1.66 bits per heavy atom. The van der Waals surface area contributed by atoms with Gasteiger partial charge in [0.05, 0.1) is 12.2 Å². The largest absolute Gasteiger partial charge is 0.486 e. The highest BCUT2D eigenvalue weighted by Gasteiger charge is 2.31. The molecule has 152 valence electrons. The van der Waals surface area contributed by atoms with Gasteiger partial charge in [-0.3, -0.25) is 4.31 Å². The van der Waals surface area contributed by atoms with Crippen molar-refractivity contribution in [2.24, 2.45) is 0 Å². The molecule has 29 heavy (non-hydrogen) atoms. The van der Waals surface area contributed by atoms with E-state index in [-0.39, 0.29) is 18.3 Å². The Bertz CT molecular complexity index is 1150. The van der Waals surface area contributed by atoms with Crippen LogP contribution in [0.4, 0.5) is 18.9 Å². The van der Waals surface area contributed by atoms with E-state index in [1.807, 2.05) is 0 Å². The van der Waals surface area contributed by atoms with E-state index in [0.717, 1.165) is 4.31 Å². The minimum atomic E-state index is -4.56. The van der Waals surface area contributed by atoms with Gasteiger partial charge in [0, 0.05) is 23.1 Å². The summed E-state index contributed by atoms with van der Waals surface area (Å²) < 4.78 is 79.7. The van der Waals surface area contributed by atoms with Gasteiger partial charge in [-0.15, -0.1) is 11.3 Å². The molecule has 0 atom stereocenters. The summed E-state index contributed by atoms with van der Waals surface area (Å²) in [5.41, 5.74) is 0.173. The number of sulfonamides is 1. The molecular weight excluding hydrogens is 427 g/mol. The second-order valence-electron chi connectivity index (χ2n) is 6.12.